The van der Waals surface area contributed by atoms with Gasteiger partial charge in [0.05, 0.1) is 0 Å². The second kappa shape index (κ2) is 7.09. The minimum Gasteiger partial charge on any atom is -0.330 e. The summed E-state index contributed by atoms with van der Waals surface area (Å²) >= 11 is 0. The molecule has 0 spiro atoms. The minimum absolute atomic E-state index is 0.745. The lowest BCUT2D eigenvalue weighted by Gasteiger charge is -2.36. The Labute approximate surface area is 118 Å². The Balaban J connectivity index is 1.99. The van der Waals surface area contributed by atoms with E-state index in [1.54, 1.807) is 0 Å². The van der Waals surface area contributed by atoms with Crippen LogP contribution in [0.3, 0.4) is 0 Å². The third-order valence-electron chi connectivity index (χ3n) is 4.87. The van der Waals surface area contributed by atoms with Gasteiger partial charge in [-0.05, 0) is 56.0 Å². The van der Waals surface area contributed by atoms with Crippen molar-refractivity contribution in [3.8, 4) is 0 Å². The van der Waals surface area contributed by atoms with Crippen molar-refractivity contribution >= 4 is 0 Å². The molecule has 0 aromatic heterocycles. The molecule has 0 radical (unpaired) electrons. The van der Waals surface area contributed by atoms with E-state index in [0.29, 0.717) is 0 Å². The summed E-state index contributed by atoms with van der Waals surface area (Å²) in [6.45, 7) is 5.34. The van der Waals surface area contributed by atoms with E-state index in [9.17, 15) is 0 Å². The lowest BCUT2D eigenvalue weighted by atomic mass is 9.70. The van der Waals surface area contributed by atoms with E-state index < -0.39 is 0 Å². The Kier molecular flexibility index (Phi) is 5.45. The van der Waals surface area contributed by atoms with E-state index in [4.69, 9.17) is 5.73 Å². The molecule has 1 aromatic rings. The van der Waals surface area contributed by atoms with Crippen LogP contribution in [0.2, 0.25) is 0 Å². The maximum atomic E-state index is 5.99. The second-order valence-corrected chi connectivity index (χ2v) is 6.41. The molecule has 2 N–H and O–H groups in total. The molecule has 0 heterocycles. The maximum absolute atomic E-state index is 5.99. The van der Waals surface area contributed by atoms with E-state index >= 15 is 0 Å². The van der Waals surface area contributed by atoms with Crippen molar-refractivity contribution in [1.29, 1.82) is 0 Å². The van der Waals surface area contributed by atoms with Crippen LogP contribution in [0.1, 0.15) is 50.2 Å². The summed E-state index contributed by atoms with van der Waals surface area (Å²) in [4.78, 5) is 0. The van der Waals surface area contributed by atoms with E-state index in [1.807, 2.05) is 0 Å². The van der Waals surface area contributed by atoms with E-state index in [-0.39, 0.29) is 0 Å². The van der Waals surface area contributed by atoms with Crippen molar-refractivity contribution in [2.24, 2.45) is 23.5 Å². The van der Waals surface area contributed by atoms with Gasteiger partial charge in [-0.2, -0.15) is 0 Å². The van der Waals surface area contributed by atoms with Crippen molar-refractivity contribution in [1.82, 2.24) is 0 Å². The Bertz CT molecular complexity index is 368. The SMILES string of the molecule is CCCC1CCC(CN)C(Cc2ccc(C)cc2)C1. The highest BCUT2D eigenvalue weighted by Crippen LogP contribution is 2.37. The molecule has 106 valence electrons. The van der Waals surface area contributed by atoms with Gasteiger partial charge in [-0.3, -0.25) is 0 Å². The molecule has 1 heteroatoms. The minimum atomic E-state index is 0.745. The molecule has 19 heavy (non-hydrogen) atoms. The first-order chi connectivity index (χ1) is 9.22. The van der Waals surface area contributed by atoms with E-state index in [1.165, 1.54) is 49.7 Å². The van der Waals surface area contributed by atoms with Gasteiger partial charge >= 0.3 is 0 Å². The van der Waals surface area contributed by atoms with Gasteiger partial charge in [0.25, 0.3) is 0 Å². The van der Waals surface area contributed by atoms with Crippen LogP contribution in [0.25, 0.3) is 0 Å². The molecule has 1 fully saturated rings. The van der Waals surface area contributed by atoms with Crippen LogP contribution >= 0.6 is 0 Å². The number of rotatable bonds is 5. The van der Waals surface area contributed by atoms with Crippen molar-refractivity contribution < 1.29 is 0 Å². The quantitative estimate of drug-likeness (QED) is 0.837. The summed E-state index contributed by atoms with van der Waals surface area (Å²) in [5, 5.41) is 0. The Morgan fingerprint density at radius 3 is 2.47 bits per heavy atom. The van der Waals surface area contributed by atoms with Gasteiger partial charge in [-0.25, -0.2) is 0 Å². The summed E-state index contributed by atoms with van der Waals surface area (Å²) in [6, 6.07) is 9.07. The zero-order valence-corrected chi connectivity index (χ0v) is 12.6. The Hall–Kier alpha value is -0.820. The van der Waals surface area contributed by atoms with Crippen LogP contribution in [0.15, 0.2) is 24.3 Å². The summed E-state index contributed by atoms with van der Waals surface area (Å²) < 4.78 is 0. The van der Waals surface area contributed by atoms with Crippen molar-refractivity contribution in [2.75, 3.05) is 6.54 Å². The fraction of sp³-hybridized carbons (Fsp3) is 0.667. The van der Waals surface area contributed by atoms with Gasteiger partial charge in [-0.15, -0.1) is 0 Å². The number of benzene rings is 1. The van der Waals surface area contributed by atoms with Gasteiger partial charge in [-0.1, -0.05) is 56.0 Å². The van der Waals surface area contributed by atoms with Crippen LogP contribution < -0.4 is 5.73 Å². The molecule has 1 aromatic carbocycles. The first-order valence-electron chi connectivity index (χ1n) is 7.98. The molecule has 1 nitrogen and oxygen atoms in total. The highest BCUT2D eigenvalue weighted by Gasteiger charge is 2.29. The molecule has 1 aliphatic rings. The average Bonchev–Trinajstić information content (AvgIpc) is 2.42. The summed E-state index contributed by atoms with van der Waals surface area (Å²) in [6.07, 6.45) is 8.10. The zero-order valence-electron chi connectivity index (χ0n) is 12.6. The van der Waals surface area contributed by atoms with Crippen LogP contribution in [0, 0.1) is 24.7 Å². The molecule has 1 aliphatic carbocycles. The van der Waals surface area contributed by atoms with Crippen molar-refractivity contribution in [3.05, 3.63) is 35.4 Å². The van der Waals surface area contributed by atoms with Crippen molar-refractivity contribution in [2.45, 2.75) is 52.4 Å². The highest BCUT2D eigenvalue weighted by atomic mass is 14.6. The maximum Gasteiger partial charge on any atom is -0.00461 e. The van der Waals surface area contributed by atoms with Gasteiger partial charge in [0.1, 0.15) is 0 Å². The molecule has 0 amide bonds. The number of hydrogen-bond acceptors (Lipinski definition) is 1. The largest absolute Gasteiger partial charge is 0.330 e. The number of hydrogen-bond donors (Lipinski definition) is 1. The first kappa shape index (κ1) is 14.6. The highest BCUT2D eigenvalue weighted by molar-refractivity contribution is 5.21. The zero-order chi connectivity index (χ0) is 13.7. The molecule has 0 aliphatic heterocycles. The van der Waals surface area contributed by atoms with Crippen molar-refractivity contribution in [3.63, 3.8) is 0 Å². The molecule has 3 unspecified atom stereocenters. The lowest BCUT2D eigenvalue weighted by molar-refractivity contribution is 0.175. The normalized spacial score (nSPS) is 27.4. The first-order valence-corrected chi connectivity index (χ1v) is 7.98. The molecule has 0 bridgehead atoms. The molecule has 3 atom stereocenters. The number of nitrogens with two attached hydrogens (primary N) is 1. The second-order valence-electron chi connectivity index (χ2n) is 6.41. The van der Waals surface area contributed by atoms with E-state index in [0.717, 1.165) is 24.3 Å². The fourth-order valence-electron chi connectivity index (χ4n) is 3.68. The fourth-order valence-corrected chi connectivity index (χ4v) is 3.68. The van der Waals surface area contributed by atoms with Crippen LogP contribution in [-0.4, -0.2) is 6.54 Å². The van der Waals surface area contributed by atoms with E-state index in [2.05, 4.69) is 38.1 Å². The molecule has 1 saturated carbocycles. The van der Waals surface area contributed by atoms with Gasteiger partial charge in [0.2, 0.25) is 0 Å². The standard InChI is InChI=1S/C18H29N/c1-3-4-15-9-10-17(13-19)18(11-15)12-16-7-5-14(2)6-8-16/h5-8,15,17-18H,3-4,9-13,19H2,1-2H3. The van der Waals surface area contributed by atoms with Gasteiger partial charge in [0, 0.05) is 0 Å². The van der Waals surface area contributed by atoms with Crippen LogP contribution in [0.4, 0.5) is 0 Å². The summed E-state index contributed by atoms with van der Waals surface area (Å²) in [5.74, 6) is 2.50. The number of aryl methyl sites for hydroxylation is 1. The molecular formula is C18H29N. The summed E-state index contributed by atoms with van der Waals surface area (Å²) in [7, 11) is 0. The van der Waals surface area contributed by atoms with Crippen LogP contribution in [0.5, 0.6) is 0 Å². The third kappa shape index (κ3) is 4.07. The van der Waals surface area contributed by atoms with Gasteiger partial charge < -0.3 is 5.73 Å². The predicted molar refractivity (Wildman–Crippen MR) is 83.2 cm³/mol. The monoisotopic (exact) mass is 259 g/mol. The topological polar surface area (TPSA) is 26.0 Å². The Morgan fingerprint density at radius 2 is 1.84 bits per heavy atom. The van der Waals surface area contributed by atoms with Gasteiger partial charge in [0.15, 0.2) is 0 Å². The van der Waals surface area contributed by atoms with Crippen LogP contribution in [-0.2, 0) is 6.42 Å². The average molecular weight is 259 g/mol. The molecule has 0 saturated heterocycles. The third-order valence-corrected chi connectivity index (χ3v) is 4.87. The summed E-state index contributed by atoms with van der Waals surface area (Å²) in [5.41, 5.74) is 8.84. The lowest BCUT2D eigenvalue weighted by Crippen LogP contribution is -2.31. The Morgan fingerprint density at radius 1 is 1.11 bits per heavy atom. The molecule has 2 rings (SSSR count). The smallest absolute Gasteiger partial charge is 0.00461 e. The predicted octanol–water partition coefficient (Wildman–Crippen LogP) is 4.33. The molecular weight excluding hydrogens is 230 g/mol.